The molecule has 5 fully saturated rings. The molecule has 0 spiro atoms. The molecule has 3 unspecified atom stereocenters. The van der Waals surface area contributed by atoms with Crippen molar-refractivity contribution >= 4 is 69.1 Å². The van der Waals surface area contributed by atoms with Gasteiger partial charge in [-0.15, -0.1) is 0 Å². The van der Waals surface area contributed by atoms with Crippen LogP contribution in [-0.2, 0) is 56.3 Å². The standard InChI is InChI=1S/C75H123IO13SSi3/c1-23-31-60-65(52(7)63(84-60)44-50(5)24-2)70(90(79,80)58-34-29-26-30-35-58)59(77)46-55-39-41-61-66(82-55)68(88-92(19,20)73(11,12)13)69(89-93(21,22)74(14,15)16)67(85-61)62(87-91(17,18)72(8,9)10)42-38-54(83-71(78)53-32-27-25-28-33-53)36-37-57-47-75(48-76)64(81-57)43-40-56(86-75)45-51(6)49(3)4/h25-30,32-35,38,42,50-52,54-57,60-70H,3,23-24,31,36-37,39-41,43-48H2,1-2,4-22H3/b42-38+/t50-,51-,52+,54?,55-,56-,57?,60+,61+,62+,63-,64+,65-,66+,67+,68+,69-,70?,75-/m1/s1. The lowest BCUT2D eigenvalue weighted by Crippen LogP contribution is -2.69. The Hall–Kier alpha value is -1.93. The molecule has 2 aromatic carbocycles. The summed E-state index contributed by atoms with van der Waals surface area (Å²) in [4.78, 5) is 30.2. The molecule has 19 atom stereocenters. The van der Waals surface area contributed by atoms with Gasteiger partial charge >= 0.3 is 5.97 Å². The van der Waals surface area contributed by atoms with Crippen molar-refractivity contribution in [1.29, 1.82) is 0 Å². The average Bonchev–Trinajstić information content (AvgIpc) is 1.65. The summed E-state index contributed by atoms with van der Waals surface area (Å²) in [7, 11) is -12.3. The van der Waals surface area contributed by atoms with Crippen LogP contribution in [0.2, 0.25) is 54.4 Å². The fourth-order valence-electron chi connectivity index (χ4n) is 13.8. The van der Waals surface area contributed by atoms with Gasteiger partial charge in [-0.05, 0) is 167 Å². The molecule has 0 radical (unpaired) electrons. The van der Waals surface area contributed by atoms with Gasteiger partial charge in [0.25, 0.3) is 0 Å². The van der Waals surface area contributed by atoms with Crippen LogP contribution in [-0.4, -0.2) is 140 Å². The number of ether oxygens (including phenoxy) is 6. The summed E-state index contributed by atoms with van der Waals surface area (Å²) in [5.74, 6) is -0.741. The van der Waals surface area contributed by atoms with Gasteiger partial charge in [0, 0.05) is 23.2 Å². The molecule has 7 rings (SSSR count). The Morgan fingerprint density at radius 2 is 1.32 bits per heavy atom. The summed E-state index contributed by atoms with van der Waals surface area (Å²) < 4.78 is 97.5. The summed E-state index contributed by atoms with van der Waals surface area (Å²) in [6.07, 6.45) is 7.03. The maximum absolute atomic E-state index is 15.7. The van der Waals surface area contributed by atoms with Gasteiger partial charge in [0.1, 0.15) is 41.4 Å². The number of hydrogen-bond acceptors (Lipinski definition) is 13. The van der Waals surface area contributed by atoms with Gasteiger partial charge in [0.15, 0.2) is 40.6 Å². The quantitative estimate of drug-likeness (QED) is 0.0250. The first-order valence-electron chi connectivity index (χ1n) is 35.5. The van der Waals surface area contributed by atoms with Crippen molar-refractivity contribution in [3.05, 3.63) is 90.5 Å². The normalized spacial score (nSPS) is 30.9. The molecule has 5 heterocycles. The van der Waals surface area contributed by atoms with Gasteiger partial charge in [0.05, 0.1) is 59.3 Å². The van der Waals surface area contributed by atoms with Gasteiger partial charge in [-0.2, -0.15) is 0 Å². The van der Waals surface area contributed by atoms with Crippen LogP contribution in [0.4, 0.5) is 0 Å². The van der Waals surface area contributed by atoms with Gasteiger partial charge < -0.3 is 41.7 Å². The third kappa shape index (κ3) is 18.9. The first-order valence-corrected chi connectivity index (χ1v) is 47.3. The van der Waals surface area contributed by atoms with Crippen LogP contribution in [0.15, 0.2) is 89.9 Å². The fourth-order valence-corrected chi connectivity index (χ4v) is 20.7. The highest BCUT2D eigenvalue weighted by Gasteiger charge is 2.60. The number of esters is 1. The lowest BCUT2D eigenvalue weighted by molar-refractivity contribution is -0.266. The van der Waals surface area contributed by atoms with Crippen LogP contribution in [0.5, 0.6) is 0 Å². The first kappa shape index (κ1) is 78.4. The van der Waals surface area contributed by atoms with E-state index in [1.54, 1.807) is 36.4 Å². The lowest BCUT2D eigenvalue weighted by Gasteiger charge is -2.56. The topological polar surface area (TPSA) is 151 Å². The number of benzene rings is 2. The highest BCUT2D eigenvalue weighted by atomic mass is 127. The Labute approximate surface area is 580 Å². The van der Waals surface area contributed by atoms with E-state index in [1.807, 2.05) is 30.3 Å². The number of carbonyl (C=O) groups excluding carboxylic acids is 2. The molecular formula is C75H123IO13SSi3. The number of alkyl halides is 1. The van der Waals surface area contributed by atoms with Crippen LogP contribution >= 0.6 is 22.6 Å². The minimum atomic E-state index is -4.20. The molecule has 5 aliphatic heterocycles. The molecule has 5 saturated heterocycles. The monoisotopic (exact) mass is 1470 g/mol. The van der Waals surface area contributed by atoms with E-state index in [0.717, 1.165) is 49.4 Å². The zero-order chi connectivity index (χ0) is 69.0. The van der Waals surface area contributed by atoms with Crippen molar-refractivity contribution in [2.45, 2.75) is 337 Å². The number of hydrogen-bond donors (Lipinski definition) is 0. The third-order valence-corrected chi connectivity index (χ3v) is 40.0. The molecule has 0 bridgehead atoms. The molecule has 0 saturated carbocycles. The molecule has 18 heteroatoms. The SMILES string of the molecule is C=C(C)[C@H](C)C[C@H]1CC[C@@H]2OC(CCC(/C=C/[C@H](O[Si](C)(C)C(C)(C)C)[C@@H]3O[C@H]4CC[C@H](CC(=O)C([C@@H]5[C@@H](C)[C@@H](C[C@H](C)CC)O[C@H]5CCC)S(=O)(=O)c5ccccc5)O[C@@H]4[C@H](O[Si](C)(C)C(C)(C)C)[C@@H]3O[Si](C)(C)C(C)(C)C)OC(=O)c3ccccc3)C[C@]2(CI)O1. The molecule has 0 aromatic heterocycles. The maximum atomic E-state index is 15.7. The highest BCUT2D eigenvalue weighted by molar-refractivity contribution is 14.1. The van der Waals surface area contributed by atoms with Crippen LogP contribution in [0, 0.1) is 23.7 Å². The molecular weight excluding hydrogens is 1350 g/mol. The fraction of sp³-hybridized carbons (Fsp3) is 0.760. The maximum Gasteiger partial charge on any atom is 0.338 e. The van der Waals surface area contributed by atoms with E-state index in [2.05, 4.69) is 178 Å². The summed E-state index contributed by atoms with van der Waals surface area (Å²) >= 11 is 2.48. The number of Topliss-reactive ketones (excluding diaryl/α,β-unsaturated/α-hetero) is 1. The zero-order valence-electron chi connectivity index (χ0n) is 61.0. The van der Waals surface area contributed by atoms with Gasteiger partial charge in [-0.3, -0.25) is 4.79 Å². The van der Waals surface area contributed by atoms with E-state index in [1.165, 1.54) is 5.57 Å². The predicted molar refractivity (Wildman–Crippen MR) is 392 cm³/mol. The van der Waals surface area contributed by atoms with Crippen molar-refractivity contribution < 1.29 is 59.7 Å². The molecule has 526 valence electrons. The van der Waals surface area contributed by atoms with E-state index in [4.69, 9.17) is 41.7 Å². The molecule has 0 N–H and O–H groups in total. The second kappa shape index (κ2) is 31.7. The van der Waals surface area contributed by atoms with Crippen LogP contribution in [0.25, 0.3) is 0 Å². The van der Waals surface area contributed by atoms with Crippen molar-refractivity contribution in [1.82, 2.24) is 0 Å². The molecule has 5 aliphatic rings. The predicted octanol–water partition coefficient (Wildman–Crippen LogP) is 18.2. The van der Waals surface area contributed by atoms with E-state index in [0.29, 0.717) is 49.5 Å². The van der Waals surface area contributed by atoms with Crippen LogP contribution in [0.1, 0.15) is 198 Å². The first-order chi connectivity index (χ1) is 43.2. The number of allylic oxidation sites excluding steroid dienone is 1. The highest BCUT2D eigenvalue weighted by Crippen LogP contribution is 2.50. The summed E-state index contributed by atoms with van der Waals surface area (Å²) in [5.41, 5.74) is 1.25. The molecule has 13 nitrogen and oxygen atoms in total. The number of rotatable bonds is 29. The molecule has 2 aromatic rings. The Morgan fingerprint density at radius 3 is 1.89 bits per heavy atom. The number of ketones is 1. The number of halogens is 1. The van der Waals surface area contributed by atoms with E-state index >= 15 is 13.2 Å². The molecule has 0 aliphatic carbocycles. The zero-order valence-corrected chi connectivity index (χ0v) is 67.0. The molecule has 93 heavy (non-hydrogen) atoms. The van der Waals surface area contributed by atoms with Gasteiger partial charge in [-0.1, -0.05) is 187 Å². The van der Waals surface area contributed by atoms with Crippen LogP contribution < -0.4 is 0 Å². The number of sulfone groups is 1. The van der Waals surface area contributed by atoms with Crippen molar-refractivity contribution in [3.8, 4) is 0 Å². The van der Waals surface area contributed by atoms with Crippen molar-refractivity contribution in [2.24, 2.45) is 23.7 Å². The Kier molecular flexibility index (Phi) is 26.8. The second-order valence-electron chi connectivity index (χ2n) is 33.3. The summed E-state index contributed by atoms with van der Waals surface area (Å²) in [6.45, 7) is 50.9. The van der Waals surface area contributed by atoms with Crippen molar-refractivity contribution in [2.75, 3.05) is 4.43 Å². The Bertz CT molecular complexity index is 2910. The number of fused-ring (bicyclic) bond motifs is 2. The van der Waals surface area contributed by atoms with E-state index in [9.17, 15) is 4.79 Å². The third-order valence-electron chi connectivity index (χ3n) is 23.1. The van der Waals surface area contributed by atoms with E-state index < -0.39 is 112 Å². The van der Waals surface area contributed by atoms with Gasteiger partial charge in [-0.25, -0.2) is 13.2 Å². The summed E-state index contributed by atoms with van der Waals surface area (Å²) in [6, 6.07) is 17.7. The largest absolute Gasteiger partial charge is 0.455 e. The minimum Gasteiger partial charge on any atom is -0.455 e. The summed E-state index contributed by atoms with van der Waals surface area (Å²) in [5, 5.41) is -2.03. The smallest absolute Gasteiger partial charge is 0.338 e. The molecule has 0 amide bonds. The Balaban J connectivity index is 1.29. The van der Waals surface area contributed by atoms with E-state index in [-0.39, 0.29) is 62.5 Å². The van der Waals surface area contributed by atoms with Crippen LogP contribution in [0.3, 0.4) is 0 Å². The van der Waals surface area contributed by atoms with Gasteiger partial charge in [0.2, 0.25) is 0 Å². The Morgan fingerprint density at radius 1 is 0.731 bits per heavy atom. The average molecular weight is 1480 g/mol. The number of carbonyl (C=O) groups is 2. The minimum absolute atomic E-state index is 0.0145. The second-order valence-corrected chi connectivity index (χ2v) is 50.4. The van der Waals surface area contributed by atoms with Crippen molar-refractivity contribution in [3.63, 3.8) is 0 Å². The lowest BCUT2D eigenvalue weighted by atomic mass is 9.80.